The van der Waals surface area contributed by atoms with Gasteiger partial charge in [0.25, 0.3) is 0 Å². The maximum Gasteiger partial charge on any atom is 0.228 e. The molecule has 0 aliphatic rings. The van der Waals surface area contributed by atoms with Gasteiger partial charge in [-0.25, -0.2) is 9.97 Å². The fourth-order valence-electron chi connectivity index (χ4n) is 2.87. The molecule has 0 spiro atoms. The van der Waals surface area contributed by atoms with Crippen LogP contribution in [0.1, 0.15) is 23.6 Å². The minimum atomic E-state index is 0.577. The zero-order chi connectivity index (χ0) is 17.9. The Morgan fingerprint density at radius 1 is 0.923 bits per heavy atom. The van der Waals surface area contributed by atoms with Gasteiger partial charge in [0.2, 0.25) is 5.58 Å². The number of aromatic nitrogens is 3. The number of anilines is 1. The van der Waals surface area contributed by atoms with Gasteiger partial charge in [0.05, 0.1) is 0 Å². The van der Waals surface area contributed by atoms with E-state index in [2.05, 4.69) is 70.7 Å². The van der Waals surface area contributed by atoms with E-state index < -0.39 is 0 Å². The molecule has 0 saturated heterocycles. The number of rotatable bonds is 5. The molecule has 2 heterocycles. The van der Waals surface area contributed by atoms with Crippen LogP contribution in [0.5, 0.6) is 0 Å². The standard InChI is InChI=1S/C21H20N4O/c1-3-15-6-8-16(9-7-15)12-22-21-20-19(23-13-24-21)18(25-26-20)17-10-4-14(2)5-11-17/h4-11,13H,3,12H2,1-2H3,(H,22,23,24). The Hall–Kier alpha value is -3.21. The van der Waals surface area contributed by atoms with Gasteiger partial charge in [-0.05, 0) is 24.5 Å². The molecule has 2 aromatic carbocycles. The van der Waals surface area contributed by atoms with Crippen molar-refractivity contribution in [3.8, 4) is 11.3 Å². The van der Waals surface area contributed by atoms with Gasteiger partial charge in [0, 0.05) is 12.1 Å². The molecular formula is C21H20N4O. The second kappa shape index (κ2) is 6.96. The summed E-state index contributed by atoms with van der Waals surface area (Å²) in [7, 11) is 0. The highest BCUT2D eigenvalue weighted by atomic mass is 16.5. The smallest absolute Gasteiger partial charge is 0.228 e. The highest BCUT2D eigenvalue weighted by Gasteiger charge is 2.15. The topological polar surface area (TPSA) is 63.8 Å². The summed E-state index contributed by atoms with van der Waals surface area (Å²) < 4.78 is 5.55. The zero-order valence-corrected chi connectivity index (χ0v) is 14.9. The SMILES string of the molecule is CCc1ccc(CNc2ncnc3c(-c4ccc(C)cc4)noc23)cc1. The van der Waals surface area contributed by atoms with Gasteiger partial charge < -0.3 is 9.84 Å². The first kappa shape index (κ1) is 16.3. The number of nitrogens with zero attached hydrogens (tertiary/aromatic N) is 3. The normalized spacial score (nSPS) is 11.0. The molecule has 5 nitrogen and oxygen atoms in total. The molecule has 0 radical (unpaired) electrons. The van der Waals surface area contributed by atoms with Crippen LogP contribution in [0.2, 0.25) is 0 Å². The van der Waals surface area contributed by atoms with Gasteiger partial charge in [-0.3, -0.25) is 0 Å². The highest BCUT2D eigenvalue weighted by molar-refractivity contribution is 5.93. The van der Waals surface area contributed by atoms with Crippen LogP contribution in [0.3, 0.4) is 0 Å². The maximum atomic E-state index is 5.55. The second-order valence-corrected chi connectivity index (χ2v) is 6.32. The fraction of sp³-hybridized carbons (Fsp3) is 0.190. The number of hydrogen-bond donors (Lipinski definition) is 1. The van der Waals surface area contributed by atoms with E-state index >= 15 is 0 Å². The summed E-state index contributed by atoms with van der Waals surface area (Å²) in [6.45, 7) is 4.87. The van der Waals surface area contributed by atoms with Crippen LogP contribution in [-0.2, 0) is 13.0 Å². The first-order valence-electron chi connectivity index (χ1n) is 8.73. The van der Waals surface area contributed by atoms with Crippen LogP contribution in [0.25, 0.3) is 22.4 Å². The second-order valence-electron chi connectivity index (χ2n) is 6.32. The molecule has 26 heavy (non-hydrogen) atoms. The Balaban J connectivity index is 1.61. The molecule has 4 rings (SSSR count). The third-order valence-electron chi connectivity index (χ3n) is 4.47. The summed E-state index contributed by atoms with van der Waals surface area (Å²) in [6.07, 6.45) is 2.58. The minimum absolute atomic E-state index is 0.577. The molecule has 4 aromatic rings. The van der Waals surface area contributed by atoms with Crippen LogP contribution in [0.4, 0.5) is 5.82 Å². The van der Waals surface area contributed by atoms with Gasteiger partial charge in [-0.2, -0.15) is 0 Å². The van der Waals surface area contributed by atoms with Crippen molar-refractivity contribution < 1.29 is 4.52 Å². The Bertz CT molecular complexity index is 1020. The van der Waals surface area contributed by atoms with E-state index in [1.807, 2.05) is 12.1 Å². The Kier molecular flexibility index (Phi) is 4.35. The average molecular weight is 344 g/mol. The molecule has 0 fully saturated rings. The van der Waals surface area contributed by atoms with Crippen molar-refractivity contribution in [2.45, 2.75) is 26.8 Å². The first-order valence-corrected chi connectivity index (χ1v) is 8.73. The largest absolute Gasteiger partial charge is 0.363 e. The number of fused-ring (bicyclic) bond motifs is 1. The lowest BCUT2D eigenvalue weighted by atomic mass is 10.1. The summed E-state index contributed by atoms with van der Waals surface area (Å²) in [5, 5.41) is 7.55. The average Bonchev–Trinajstić information content (AvgIpc) is 3.12. The summed E-state index contributed by atoms with van der Waals surface area (Å²) in [5.74, 6) is 0.653. The first-order chi connectivity index (χ1) is 12.7. The van der Waals surface area contributed by atoms with Gasteiger partial charge in [0.15, 0.2) is 5.82 Å². The van der Waals surface area contributed by atoms with Gasteiger partial charge in [-0.1, -0.05) is 66.2 Å². The maximum absolute atomic E-state index is 5.55. The number of hydrogen-bond acceptors (Lipinski definition) is 5. The van der Waals surface area contributed by atoms with Crippen molar-refractivity contribution >= 4 is 16.9 Å². The van der Waals surface area contributed by atoms with Crippen molar-refractivity contribution in [1.29, 1.82) is 0 Å². The van der Waals surface area contributed by atoms with Crippen LogP contribution in [-0.4, -0.2) is 15.1 Å². The lowest BCUT2D eigenvalue weighted by Crippen LogP contribution is -2.02. The summed E-state index contributed by atoms with van der Waals surface area (Å²) >= 11 is 0. The Morgan fingerprint density at radius 3 is 2.38 bits per heavy atom. The molecule has 0 unspecified atom stereocenters. The molecule has 130 valence electrons. The fourth-order valence-corrected chi connectivity index (χ4v) is 2.87. The number of aryl methyl sites for hydroxylation is 2. The van der Waals surface area contributed by atoms with Crippen molar-refractivity contribution in [2.24, 2.45) is 0 Å². The van der Waals surface area contributed by atoms with E-state index in [0.29, 0.717) is 23.5 Å². The molecule has 0 amide bonds. The molecule has 0 atom stereocenters. The van der Waals surface area contributed by atoms with E-state index in [-0.39, 0.29) is 0 Å². The van der Waals surface area contributed by atoms with E-state index in [9.17, 15) is 0 Å². The third kappa shape index (κ3) is 3.16. The monoisotopic (exact) mass is 344 g/mol. The van der Waals surface area contributed by atoms with E-state index in [1.54, 1.807) is 6.33 Å². The number of nitrogens with one attached hydrogen (secondary N) is 1. The highest BCUT2D eigenvalue weighted by Crippen LogP contribution is 2.29. The van der Waals surface area contributed by atoms with Crippen LogP contribution in [0.15, 0.2) is 59.4 Å². The van der Waals surface area contributed by atoms with E-state index in [4.69, 9.17) is 4.52 Å². The van der Waals surface area contributed by atoms with Crippen LogP contribution in [0, 0.1) is 6.92 Å². The predicted molar refractivity (Wildman–Crippen MR) is 103 cm³/mol. The molecular weight excluding hydrogens is 324 g/mol. The van der Waals surface area contributed by atoms with Gasteiger partial charge in [-0.15, -0.1) is 0 Å². The van der Waals surface area contributed by atoms with Crippen molar-refractivity contribution in [2.75, 3.05) is 5.32 Å². The Labute approximate surface area is 152 Å². The molecule has 0 bridgehead atoms. The molecule has 0 aliphatic carbocycles. The molecule has 5 heteroatoms. The zero-order valence-electron chi connectivity index (χ0n) is 14.9. The summed E-state index contributed by atoms with van der Waals surface area (Å²) in [4.78, 5) is 8.69. The lowest BCUT2D eigenvalue weighted by Gasteiger charge is -2.06. The lowest BCUT2D eigenvalue weighted by molar-refractivity contribution is 0.459. The van der Waals surface area contributed by atoms with Crippen LogP contribution >= 0.6 is 0 Å². The molecule has 2 aromatic heterocycles. The van der Waals surface area contributed by atoms with Gasteiger partial charge >= 0.3 is 0 Å². The molecule has 1 N–H and O–H groups in total. The minimum Gasteiger partial charge on any atom is -0.363 e. The van der Waals surface area contributed by atoms with Crippen molar-refractivity contribution in [3.63, 3.8) is 0 Å². The van der Waals surface area contributed by atoms with Gasteiger partial charge in [0.1, 0.15) is 17.5 Å². The third-order valence-corrected chi connectivity index (χ3v) is 4.47. The van der Waals surface area contributed by atoms with E-state index in [1.165, 1.54) is 16.7 Å². The van der Waals surface area contributed by atoms with E-state index in [0.717, 1.165) is 17.7 Å². The predicted octanol–water partition coefficient (Wildman–Crippen LogP) is 4.77. The molecule has 0 saturated carbocycles. The number of benzene rings is 2. The van der Waals surface area contributed by atoms with Crippen molar-refractivity contribution in [3.05, 3.63) is 71.5 Å². The summed E-state index contributed by atoms with van der Waals surface area (Å²) in [5.41, 5.74) is 6.73. The quantitative estimate of drug-likeness (QED) is 0.565. The summed E-state index contributed by atoms with van der Waals surface area (Å²) in [6, 6.07) is 16.7. The Morgan fingerprint density at radius 2 is 1.65 bits per heavy atom. The molecule has 0 aliphatic heterocycles. The van der Waals surface area contributed by atoms with Crippen molar-refractivity contribution in [1.82, 2.24) is 15.1 Å². The van der Waals surface area contributed by atoms with Crippen LogP contribution < -0.4 is 5.32 Å².